The summed E-state index contributed by atoms with van der Waals surface area (Å²) < 4.78 is 0.899. The molecule has 0 unspecified atom stereocenters. The molecule has 0 atom stereocenters. The first-order valence-electron chi connectivity index (χ1n) is 4.71. The third kappa shape index (κ3) is 2.42. The molecule has 0 amide bonds. The van der Waals surface area contributed by atoms with Gasteiger partial charge in [-0.2, -0.15) is 0 Å². The molecule has 1 aromatic carbocycles. The lowest BCUT2D eigenvalue weighted by Crippen LogP contribution is -1.89. The Hall–Kier alpha value is -1.22. The van der Waals surface area contributed by atoms with Gasteiger partial charge in [-0.15, -0.1) is 0 Å². The third-order valence-corrected chi connectivity index (χ3v) is 2.51. The molecule has 0 saturated carbocycles. The maximum absolute atomic E-state index is 4.27. The molecule has 0 aliphatic carbocycles. The third-order valence-electron chi connectivity index (χ3n) is 2.10. The van der Waals surface area contributed by atoms with Crippen LogP contribution < -0.4 is 0 Å². The van der Waals surface area contributed by atoms with Crippen molar-refractivity contribution in [3.63, 3.8) is 0 Å². The molecule has 0 fully saturated rings. The van der Waals surface area contributed by atoms with Crippen LogP contribution in [0.1, 0.15) is 11.1 Å². The molecule has 1 aromatic heterocycles. The summed E-state index contributed by atoms with van der Waals surface area (Å²) in [5.41, 5.74) is 3.54. The Kier molecular flexibility index (Phi) is 2.82. The average Bonchev–Trinajstić information content (AvgIpc) is 2.17. The molecule has 0 N–H and O–H groups in total. The molecule has 15 heavy (non-hydrogen) atoms. The summed E-state index contributed by atoms with van der Waals surface area (Å²) in [5, 5.41) is 0. The lowest BCUT2D eigenvalue weighted by atomic mass is 10.1. The quantitative estimate of drug-likeness (QED) is 0.786. The monoisotopic (exact) mass is 262 g/mol. The summed E-state index contributed by atoms with van der Waals surface area (Å²) in [6, 6.07) is 6.33. The van der Waals surface area contributed by atoms with Crippen LogP contribution in [-0.2, 0) is 0 Å². The molecule has 1 heterocycles. The molecule has 76 valence electrons. The number of halogens is 1. The SMILES string of the molecule is Cc1cc(C)cc(-c2ncc(Br)cn2)c1. The van der Waals surface area contributed by atoms with Crippen molar-refractivity contribution in [1.82, 2.24) is 9.97 Å². The molecule has 0 bridgehead atoms. The number of hydrogen-bond acceptors (Lipinski definition) is 2. The van der Waals surface area contributed by atoms with Gasteiger partial charge in [0.1, 0.15) is 0 Å². The van der Waals surface area contributed by atoms with E-state index in [0.29, 0.717) is 0 Å². The Morgan fingerprint density at radius 3 is 2.00 bits per heavy atom. The van der Waals surface area contributed by atoms with Crippen molar-refractivity contribution >= 4 is 15.9 Å². The maximum atomic E-state index is 4.27. The predicted octanol–water partition coefficient (Wildman–Crippen LogP) is 3.52. The lowest BCUT2D eigenvalue weighted by molar-refractivity contribution is 1.15. The van der Waals surface area contributed by atoms with E-state index < -0.39 is 0 Å². The van der Waals surface area contributed by atoms with Crippen LogP contribution in [0.3, 0.4) is 0 Å². The van der Waals surface area contributed by atoms with Gasteiger partial charge in [0.15, 0.2) is 5.82 Å². The Labute approximate surface area is 97.5 Å². The first-order valence-corrected chi connectivity index (χ1v) is 5.50. The van der Waals surface area contributed by atoms with Gasteiger partial charge < -0.3 is 0 Å². The van der Waals surface area contributed by atoms with Crippen LogP contribution >= 0.6 is 15.9 Å². The largest absolute Gasteiger partial charge is 0.235 e. The van der Waals surface area contributed by atoms with Gasteiger partial charge in [-0.25, -0.2) is 9.97 Å². The lowest BCUT2D eigenvalue weighted by Gasteiger charge is -2.03. The topological polar surface area (TPSA) is 25.8 Å². The van der Waals surface area contributed by atoms with Crippen LogP contribution in [0.5, 0.6) is 0 Å². The summed E-state index contributed by atoms with van der Waals surface area (Å²) in [6.45, 7) is 4.16. The standard InChI is InChI=1S/C12H11BrN2/c1-8-3-9(2)5-10(4-8)12-14-6-11(13)7-15-12/h3-7H,1-2H3. The minimum absolute atomic E-state index is 0.769. The van der Waals surface area contributed by atoms with Gasteiger partial charge in [-0.1, -0.05) is 17.2 Å². The molecule has 2 nitrogen and oxygen atoms in total. The summed E-state index contributed by atoms with van der Waals surface area (Å²) in [6.07, 6.45) is 3.53. The van der Waals surface area contributed by atoms with Crippen molar-refractivity contribution in [3.8, 4) is 11.4 Å². The maximum Gasteiger partial charge on any atom is 0.159 e. The van der Waals surface area contributed by atoms with E-state index in [1.165, 1.54) is 11.1 Å². The van der Waals surface area contributed by atoms with Crippen molar-refractivity contribution in [1.29, 1.82) is 0 Å². The molecule has 0 aliphatic rings. The molecule has 0 spiro atoms. The predicted molar refractivity (Wildman–Crippen MR) is 64.6 cm³/mol. The van der Waals surface area contributed by atoms with E-state index in [-0.39, 0.29) is 0 Å². The zero-order chi connectivity index (χ0) is 10.8. The number of hydrogen-bond donors (Lipinski definition) is 0. The number of rotatable bonds is 1. The highest BCUT2D eigenvalue weighted by Crippen LogP contribution is 2.19. The van der Waals surface area contributed by atoms with E-state index >= 15 is 0 Å². The van der Waals surface area contributed by atoms with E-state index in [2.05, 4.69) is 57.9 Å². The molecule has 0 saturated heterocycles. The molecule has 3 heteroatoms. The van der Waals surface area contributed by atoms with Gasteiger partial charge >= 0.3 is 0 Å². The fourth-order valence-corrected chi connectivity index (χ4v) is 1.77. The number of aromatic nitrogens is 2. The van der Waals surface area contributed by atoms with Crippen molar-refractivity contribution in [2.24, 2.45) is 0 Å². The molecular formula is C12H11BrN2. The van der Waals surface area contributed by atoms with Crippen molar-refractivity contribution < 1.29 is 0 Å². The van der Waals surface area contributed by atoms with E-state index in [9.17, 15) is 0 Å². The van der Waals surface area contributed by atoms with Gasteiger partial charge in [0.25, 0.3) is 0 Å². The fourth-order valence-electron chi connectivity index (χ4n) is 1.57. The van der Waals surface area contributed by atoms with Gasteiger partial charge in [-0.05, 0) is 41.9 Å². The highest BCUT2D eigenvalue weighted by molar-refractivity contribution is 9.10. The van der Waals surface area contributed by atoms with Gasteiger partial charge in [-0.3, -0.25) is 0 Å². The molecule has 2 rings (SSSR count). The molecule has 0 radical (unpaired) electrons. The van der Waals surface area contributed by atoms with Crippen LogP contribution in [-0.4, -0.2) is 9.97 Å². The Morgan fingerprint density at radius 1 is 0.933 bits per heavy atom. The van der Waals surface area contributed by atoms with E-state index in [1.54, 1.807) is 12.4 Å². The minimum atomic E-state index is 0.769. The Balaban J connectivity index is 2.49. The molecule has 0 aliphatic heterocycles. The van der Waals surface area contributed by atoms with Crippen LogP contribution in [0, 0.1) is 13.8 Å². The van der Waals surface area contributed by atoms with Gasteiger partial charge in [0, 0.05) is 18.0 Å². The van der Waals surface area contributed by atoms with Crippen molar-refractivity contribution in [2.75, 3.05) is 0 Å². The summed E-state index contributed by atoms with van der Waals surface area (Å²) in [5.74, 6) is 0.769. The van der Waals surface area contributed by atoms with Crippen LogP contribution in [0.2, 0.25) is 0 Å². The van der Waals surface area contributed by atoms with Crippen molar-refractivity contribution in [2.45, 2.75) is 13.8 Å². The van der Waals surface area contributed by atoms with Crippen LogP contribution in [0.4, 0.5) is 0 Å². The van der Waals surface area contributed by atoms with E-state index in [4.69, 9.17) is 0 Å². The van der Waals surface area contributed by atoms with Gasteiger partial charge in [0.05, 0.1) is 4.47 Å². The highest BCUT2D eigenvalue weighted by Gasteiger charge is 2.02. The van der Waals surface area contributed by atoms with Gasteiger partial charge in [0.2, 0.25) is 0 Å². The summed E-state index contributed by atoms with van der Waals surface area (Å²) >= 11 is 3.32. The minimum Gasteiger partial charge on any atom is -0.235 e. The summed E-state index contributed by atoms with van der Waals surface area (Å²) in [7, 11) is 0. The zero-order valence-electron chi connectivity index (χ0n) is 8.66. The first kappa shape index (κ1) is 10.3. The van der Waals surface area contributed by atoms with E-state index in [1.807, 2.05) is 0 Å². The smallest absolute Gasteiger partial charge is 0.159 e. The Bertz CT molecular complexity index is 457. The first-order chi connectivity index (χ1) is 7.15. The number of benzene rings is 1. The highest BCUT2D eigenvalue weighted by atomic mass is 79.9. The second kappa shape index (κ2) is 4.11. The number of nitrogens with zero attached hydrogens (tertiary/aromatic N) is 2. The second-order valence-electron chi connectivity index (χ2n) is 3.60. The molecule has 2 aromatic rings. The number of aryl methyl sites for hydroxylation is 2. The average molecular weight is 263 g/mol. The van der Waals surface area contributed by atoms with Crippen molar-refractivity contribution in [3.05, 3.63) is 46.2 Å². The second-order valence-corrected chi connectivity index (χ2v) is 4.52. The zero-order valence-corrected chi connectivity index (χ0v) is 10.2. The van der Waals surface area contributed by atoms with E-state index in [0.717, 1.165) is 15.9 Å². The fraction of sp³-hybridized carbons (Fsp3) is 0.167. The normalized spacial score (nSPS) is 10.3. The molecular weight excluding hydrogens is 252 g/mol. The Morgan fingerprint density at radius 2 is 1.47 bits per heavy atom. The summed E-state index contributed by atoms with van der Waals surface area (Å²) in [4.78, 5) is 8.55. The van der Waals surface area contributed by atoms with Crippen LogP contribution in [0.15, 0.2) is 35.1 Å². The van der Waals surface area contributed by atoms with Crippen LogP contribution in [0.25, 0.3) is 11.4 Å².